The normalized spacial score (nSPS) is 16.2. The van der Waals surface area contributed by atoms with Gasteiger partial charge in [0, 0.05) is 49.5 Å². The lowest BCUT2D eigenvalue weighted by Crippen LogP contribution is -2.51. The summed E-state index contributed by atoms with van der Waals surface area (Å²) >= 11 is 0. The van der Waals surface area contributed by atoms with Crippen molar-refractivity contribution in [3.63, 3.8) is 0 Å². The molecule has 4 aromatic rings. The summed E-state index contributed by atoms with van der Waals surface area (Å²) in [7, 11) is 0. The van der Waals surface area contributed by atoms with Gasteiger partial charge in [-0.05, 0) is 68.1 Å². The van der Waals surface area contributed by atoms with Crippen molar-refractivity contribution < 1.29 is 9.59 Å². The zero-order valence-electron chi connectivity index (χ0n) is 20.9. The molecule has 10 heteroatoms. The first kappa shape index (κ1) is 23.1. The quantitative estimate of drug-likeness (QED) is 0.444. The molecule has 1 saturated heterocycles. The van der Waals surface area contributed by atoms with Gasteiger partial charge in [-0.2, -0.15) is 0 Å². The second kappa shape index (κ2) is 9.27. The highest BCUT2D eigenvalue weighted by Gasteiger charge is 2.34. The van der Waals surface area contributed by atoms with E-state index < -0.39 is 0 Å². The number of aryl methyl sites for hydroxylation is 2. The maximum Gasteiger partial charge on any atom is 0.257 e. The first-order valence-electron chi connectivity index (χ1n) is 12.6. The highest BCUT2D eigenvalue weighted by molar-refractivity contribution is 5.98. The molecule has 4 heterocycles. The van der Waals surface area contributed by atoms with Gasteiger partial charge < -0.3 is 15.1 Å². The predicted molar refractivity (Wildman–Crippen MR) is 139 cm³/mol. The zero-order chi connectivity index (χ0) is 25.5. The molecule has 1 fully saturated rings. The summed E-state index contributed by atoms with van der Waals surface area (Å²) in [6.07, 6.45) is 3.81. The van der Waals surface area contributed by atoms with Gasteiger partial charge >= 0.3 is 0 Å². The Morgan fingerprint density at radius 1 is 1.05 bits per heavy atom. The minimum atomic E-state index is -0.0274. The second-order valence-corrected chi connectivity index (χ2v) is 9.87. The van der Waals surface area contributed by atoms with Crippen molar-refractivity contribution in [2.75, 3.05) is 25.0 Å². The van der Waals surface area contributed by atoms with Gasteiger partial charge in [-0.15, -0.1) is 5.10 Å². The number of H-pyrrole nitrogens is 1. The Balaban J connectivity index is 1.10. The molecule has 2 aromatic carbocycles. The molecule has 0 atom stereocenters. The first-order valence-corrected chi connectivity index (χ1v) is 12.6. The molecule has 0 spiro atoms. The third kappa shape index (κ3) is 4.50. The molecular formula is C27H28N8O2. The lowest BCUT2D eigenvalue weighted by molar-refractivity contribution is 0.0503. The molecule has 0 unspecified atom stereocenters. The van der Waals surface area contributed by atoms with Crippen LogP contribution >= 0.6 is 0 Å². The summed E-state index contributed by atoms with van der Waals surface area (Å²) in [4.78, 5) is 39.3. The first-order chi connectivity index (χ1) is 17.9. The molecule has 0 saturated carbocycles. The Morgan fingerprint density at radius 2 is 1.84 bits per heavy atom. The van der Waals surface area contributed by atoms with E-state index in [2.05, 4.69) is 50.6 Å². The van der Waals surface area contributed by atoms with E-state index in [0.717, 1.165) is 40.9 Å². The summed E-state index contributed by atoms with van der Waals surface area (Å²) in [6.45, 7) is 5.93. The molecule has 2 aliphatic rings. The number of rotatable bonds is 4. The molecule has 37 heavy (non-hydrogen) atoms. The Bertz CT molecular complexity index is 1490. The van der Waals surface area contributed by atoms with E-state index in [1.165, 1.54) is 0 Å². The van der Waals surface area contributed by atoms with Crippen LogP contribution in [0.1, 0.15) is 50.4 Å². The number of fused-ring (bicyclic) bond motifs is 2. The molecule has 2 amide bonds. The van der Waals surface area contributed by atoms with Crippen molar-refractivity contribution in [3.05, 3.63) is 70.5 Å². The third-order valence-corrected chi connectivity index (χ3v) is 7.19. The second-order valence-electron chi connectivity index (χ2n) is 9.87. The van der Waals surface area contributed by atoms with E-state index in [0.29, 0.717) is 48.6 Å². The number of hydrogen-bond acceptors (Lipinski definition) is 7. The summed E-state index contributed by atoms with van der Waals surface area (Å²) in [5.41, 5.74) is 6.68. The van der Waals surface area contributed by atoms with Gasteiger partial charge in [-0.25, -0.2) is 9.97 Å². The van der Waals surface area contributed by atoms with Crippen molar-refractivity contribution in [2.24, 2.45) is 0 Å². The number of anilines is 2. The number of nitrogens with one attached hydrogen (secondary N) is 2. The van der Waals surface area contributed by atoms with Crippen molar-refractivity contribution in [2.45, 2.75) is 39.2 Å². The van der Waals surface area contributed by atoms with Crippen LogP contribution in [0.4, 0.5) is 11.6 Å². The average Bonchev–Trinajstić information content (AvgIpc) is 3.36. The summed E-state index contributed by atoms with van der Waals surface area (Å²) < 4.78 is 0. The Labute approximate surface area is 214 Å². The van der Waals surface area contributed by atoms with Crippen LogP contribution < -0.4 is 5.32 Å². The number of carbonyl (C=O) groups excluding carboxylic acids is 2. The summed E-state index contributed by atoms with van der Waals surface area (Å²) in [5.74, 6) is 0.456. The highest BCUT2D eigenvalue weighted by atomic mass is 16.2. The number of aromatic amines is 1. The van der Waals surface area contributed by atoms with Gasteiger partial charge in [0.2, 0.25) is 5.95 Å². The molecule has 188 valence electrons. The smallest absolute Gasteiger partial charge is 0.257 e. The average molecular weight is 497 g/mol. The van der Waals surface area contributed by atoms with E-state index in [-0.39, 0.29) is 17.9 Å². The number of benzene rings is 2. The fourth-order valence-corrected chi connectivity index (χ4v) is 5.39. The molecule has 0 radical (unpaired) electrons. The lowest BCUT2D eigenvalue weighted by Gasteiger charge is -2.40. The largest absolute Gasteiger partial charge is 0.338 e. The van der Waals surface area contributed by atoms with Crippen LogP contribution in [-0.4, -0.2) is 72.7 Å². The fraction of sp³-hybridized carbons (Fsp3) is 0.333. The van der Waals surface area contributed by atoms with Crippen molar-refractivity contribution in [1.82, 2.24) is 35.2 Å². The summed E-state index contributed by atoms with van der Waals surface area (Å²) in [5, 5.41) is 13.9. The fourth-order valence-electron chi connectivity index (χ4n) is 5.39. The molecule has 10 nitrogen and oxygen atoms in total. The van der Waals surface area contributed by atoms with Crippen molar-refractivity contribution >= 4 is 34.5 Å². The van der Waals surface area contributed by atoms with Gasteiger partial charge in [0.15, 0.2) is 0 Å². The van der Waals surface area contributed by atoms with Gasteiger partial charge in [0.25, 0.3) is 11.8 Å². The summed E-state index contributed by atoms with van der Waals surface area (Å²) in [6, 6.07) is 11.7. The molecule has 6 rings (SSSR count). The number of carbonyl (C=O) groups is 2. The standard InChI is InChI=1S/C27H28N8O2/c1-16-11-17(2)13-19(12-16)29-27-28-15-21-22(30-27)7-10-35(26(21)37)20-5-8-34(9-6-20)25(36)18-3-4-23-24(14-18)32-33-31-23/h3-4,11-15,20H,5-10H2,1-2H3,(H,28,29,30)(H,31,32,33). The van der Waals surface area contributed by atoms with Crippen LogP contribution in [0.2, 0.25) is 0 Å². The Hall–Kier alpha value is -4.34. The van der Waals surface area contributed by atoms with E-state index in [4.69, 9.17) is 0 Å². The Kier molecular flexibility index (Phi) is 5.78. The van der Waals surface area contributed by atoms with Gasteiger partial charge in [-0.1, -0.05) is 11.3 Å². The minimum Gasteiger partial charge on any atom is -0.338 e. The SMILES string of the molecule is Cc1cc(C)cc(Nc2ncc3c(n2)CCN(C2CCN(C(=O)c4ccc5[nH]nnc5c4)CC2)C3=O)c1. The molecule has 2 N–H and O–H groups in total. The van der Waals surface area contributed by atoms with Crippen LogP contribution in [0, 0.1) is 13.8 Å². The van der Waals surface area contributed by atoms with E-state index in [1.54, 1.807) is 18.3 Å². The number of nitrogens with zero attached hydrogens (tertiary/aromatic N) is 6. The van der Waals surface area contributed by atoms with Gasteiger partial charge in [0.05, 0.1) is 16.8 Å². The molecular weight excluding hydrogens is 468 g/mol. The number of piperidine rings is 1. The van der Waals surface area contributed by atoms with Crippen LogP contribution in [-0.2, 0) is 6.42 Å². The van der Waals surface area contributed by atoms with Gasteiger partial charge in [0.1, 0.15) is 5.52 Å². The minimum absolute atomic E-state index is 0.0177. The Morgan fingerprint density at radius 3 is 2.62 bits per heavy atom. The van der Waals surface area contributed by atoms with Crippen LogP contribution in [0.15, 0.2) is 42.6 Å². The molecule has 2 aromatic heterocycles. The topological polar surface area (TPSA) is 120 Å². The maximum absolute atomic E-state index is 13.3. The van der Waals surface area contributed by atoms with E-state index in [1.807, 2.05) is 28.0 Å². The molecule has 0 aliphatic carbocycles. The predicted octanol–water partition coefficient (Wildman–Crippen LogP) is 3.41. The highest BCUT2D eigenvalue weighted by Crippen LogP contribution is 2.26. The van der Waals surface area contributed by atoms with E-state index >= 15 is 0 Å². The van der Waals surface area contributed by atoms with Crippen LogP contribution in [0.3, 0.4) is 0 Å². The number of likely N-dealkylation sites (tertiary alicyclic amines) is 1. The zero-order valence-corrected chi connectivity index (χ0v) is 20.9. The number of hydrogen-bond donors (Lipinski definition) is 2. The van der Waals surface area contributed by atoms with Crippen LogP contribution in [0.5, 0.6) is 0 Å². The van der Waals surface area contributed by atoms with Gasteiger partial charge in [-0.3, -0.25) is 14.7 Å². The van der Waals surface area contributed by atoms with Crippen molar-refractivity contribution in [3.8, 4) is 0 Å². The number of amides is 2. The van der Waals surface area contributed by atoms with E-state index in [9.17, 15) is 9.59 Å². The monoisotopic (exact) mass is 496 g/mol. The number of aromatic nitrogens is 5. The maximum atomic E-state index is 13.3. The molecule has 2 aliphatic heterocycles. The lowest BCUT2D eigenvalue weighted by atomic mass is 9.97. The molecule has 0 bridgehead atoms. The third-order valence-electron chi connectivity index (χ3n) is 7.19. The van der Waals surface area contributed by atoms with Crippen LogP contribution in [0.25, 0.3) is 11.0 Å². The van der Waals surface area contributed by atoms with Crippen molar-refractivity contribution in [1.29, 1.82) is 0 Å².